The molecule has 2 heterocycles. The van der Waals surface area contributed by atoms with Gasteiger partial charge in [0.15, 0.2) is 11.5 Å². The zero-order valence-corrected chi connectivity index (χ0v) is 20.0. The van der Waals surface area contributed by atoms with E-state index in [1.807, 2.05) is 51.1 Å². The molecule has 0 spiro atoms. The Balaban J connectivity index is 1.54. The standard InChI is InChI=1S/C25H30N2O4S/c1-15(11-12-16-9-7-6-8-10-16)26-22(28)21-25(2,3)32-24-17-13-14-18(30-4)20(31-5)19(17)23(29)27(21)24/h6-10,13-15,21,24H,11-12H2,1-5H3,(H,26,28)/t15-,21+,24-/m1/s1. The van der Waals surface area contributed by atoms with Crippen LogP contribution in [0.3, 0.4) is 0 Å². The summed E-state index contributed by atoms with van der Waals surface area (Å²) in [4.78, 5) is 28.7. The predicted octanol–water partition coefficient (Wildman–Crippen LogP) is 4.19. The molecule has 32 heavy (non-hydrogen) atoms. The largest absolute Gasteiger partial charge is 0.493 e. The second kappa shape index (κ2) is 8.70. The van der Waals surface area contributed by atoms with Crippen LogP contribution in [0.5, 0.6) is 11.5 Å². The van der Waals surface area contributed by atoms with Crippen LogP contribution in [0, 0.1) is 0 Å². The molecule has 0 unspecified atom stereocenters. The Kier molecular flexibility index (Phi) is 6.12. The highest BCUT2D eigenvalue weighted by atomic mass is 32.2. The number of hydrogen-bond acceptors (Lipinski definition) is 5. The summed E-state index contributed by atoms with van der Waals surface area (Å²) in [5.41, 5.74) is 2.62. The van der Waals surface area contributed by atoms with Gasteiger partial charge in [-0.25, -0.2) is 0 Å². The number of hydrogen-bond donors (Lipinski definition) is 1. The van der Waals surface area contributed by atoms with Gasteiger partial charge in [-0.1, -0.05) is 36.4 Å². The first kappa shape index (κ1) is 22.5. The molecule has 2 aromatic rings. The molecule has 170 valence electrons. The number of nitrogens with one attached hydrogen (secondary N) is 1. The van der Waals surface area contributed by atoms with Crippen LogP contribution in [-0.2, 0) is 11.2 Å². The highest BCUT2D eigenvalue weighted by molar-refractivity contribution is 8.01. The number of methoxy groups -OCH3 is 2. The molecule has 3 atom stereocenters. The molecule has 1 N–H and O–H groups in total. The van der Waals surface area contributed by atoms with Crippen molar-refractivity contribution in [3.8, 4) is 11.5 Å². The molecule has 4 rings (SSSR count). The molecule has 2 amide bonds. The maximum atomic E-state index is 13.5. The van der Waals surface area contributed by atoms with Crippen LogP contribution in [0.4, 0.5) is 0 Å². The average molecular weight is 455 g/mol. The molecule has 1 saturated heterocycles. The summed E-state index contributed by atoms with van der Waals surface area (Å²) < 4.78 is 10.5. The fourth-order valence-electron chi connectivity index (χ4n) is 4.68. The first-order valence-electron chi connectivity index (χ1n) is 10.9. The van der Waals surface area contributed by atoms with Crippen LogP contribution < -0.4 is 14.8 Å². The second-order valence-electron chi connectivity index (χ2n) is 8.89. The summed E-state index contributed by atoms with van der Waals surface area (Å²) in [6, 6.07) is 13.4. The Morgan fingerprint density at radius 3 is 2.53 bits per heavy atom. The summed E-state index contributed by atoms with van der Waals surface area (Å²) in [5.74, 6) is 0.646. The van der Waals surface area contributed by atoms with Crippen molar-refractivity contribution in [2.45, 2.75) is 55.8 Å². The van der Waals surface area contributed by atoms with E-state index in [4.69, 9.17) is 9.47 Å². The van der Waals surface area contributed by atoms with E-state index < -0.39 is 10.8 Å². The Labute approximate surface area is 193 Å². The number of carbonyl (C=O) groups is 2. The molecule has 6 nitrogen and oxygen atoms in total. The normalized spacial score (nSPS) is 21.7. The van der Waals surface area contributed by atoms with Gasteiger partial charge in [0.25, 0.3) is 5.91 Å². The molecule has 2 aliphatic rings. The van der Waals surface area contributed by atoms with Crippen molar-refractivity contribution in [1.82, 2.24) is 10.2 Å². The predicted molar refractivity (Wildman–Crippen MR) is 126 cm³/mol. The molecular weight excluding hydrogens is 424 g/mol. The number of rotatable bonds is 7. The molecule has 0 aliphatic carbocycles. The number of fused-ring (bicyclic) bond motifs is 3. The third kappa shape index (κ3) is 3.83. The van der Waals surface area contributed by atoms with Crippen molar-refractivity contribution in [3.05, 3.63) is 59.2 Å². The number of benzene rings is 2. The molecule has 0 saturated carbocycles. The van der Waals surface area contributed by atoms with Crippen molar-refractivity contribution >= 4 is 23.6 Å². The van der Waals surface area contributed by atoms with Gasteiger partial charge >= 0.3 is 0 Å². The van der Waals surface area contributed by atoms with Crippen LogP contribution in [-0.4, -0.2) is 47.8 Å². The Morgan fingerprint density at radius 2 is 1.88 bits per heavy atom. The molecule has 1 fully saturated rings. The molecule has 2 aliphatic heterocycles. The van der Waals surface area contributed by atoms with Gasteiger partial charge in [-0.3, -0.25) is 9.59 Å². The first-order chi connectivity index (χ1) is 15.3. The van der Waals surface area contributed by atoms with E-state index in [-0.39, 0.29) is 23.2 Å². The number of amides is 2. The lowest BCUT2D eigenvalue weighted by atomic mass is 9.99. The number of carbonyl (C=O) groups excluding carboxylic acids is 2. The number of aryl methyl sites for hydroxylation is 1. The smallest absolute Gasteiger partial charge is 0.260 e. The van der Waals surface area contributed by atoms with Crippen molar-refractivity contribution in [2.75, 3.05) is 14.2 Å². The van der Waals surface area contributed by atoms with Crippen LogP contribution in [0.2, 0.25) is 0 Å². The minimum absolute atomic E-state index is 0.00253. The van der Waals surface area contributed by atoms with E-state index in [1.54, 1.807) is 23.8 Å². The maximum absolute atomic E-state index is 13.5. The van der Waals surface area contributed by atoms with Crippen LogP contribution in [0.25, 0.3) is 0 Å². The average Bonchev–Trinajstić information content (AvgIpc) is 3.21. The molecule has 0 aromatic heterocycles. The summed E-state index contributed by atoms with van der Waals surface area (Å²) in [6.45, 7) is 6.08. The van der Waals surface area contributed by atoms with Gasteiger partial charge in [0.05, 0.1) is 19.8 Å². The number of thioether (sulfide) groups is 1. The van der Waals surface area contributed by atoms with Gasteiger partial charge in [0.1, 0.15) is 11.4 Å². The molecule has 0 radical (unpaired) electrons. The summed E-state index contributed by atoms with van der Waals surface area (Å²) >= 11 is 1.64. The quantitative estimate of drug-likeness (QED) is 0.680. The van der Waals surface area contributed by atoms with E-state index in [0.717, 1.165) is 18.4 Å². The van der Waals surface area contributed by atoms with Gasteiger partial charge in [0, 0.05) is 16.4 Å². The van der Waals surface area contributed by atoms with E-state index in [1.165, 1.54) is 12.7 Å². The Hall–Kier alpha value is -2.67. The molecule has 7 heteroatoms. The van der Waals surface area contributed by atoms with Crippen LogP contribution >= 0.6 is 11.8 Å². The highest BCUT2D eigenvalue weighted by Crippen LogP contribution is 2.58. The van der Waals surface area contributed by atoms with Gasteiger partial charge in [-0.05, 0) is 45.2 Å². The molecule has 2 aromatic carbocycles. The lowest BCUT2D eigenvalue weighted by Crippen LogP contribution is -2.54. The van der Waals surface area contributed by atoms with E-state index in [9.17, 15) is 9.59 Å². The lowest BCUT2D eigenvalue weighted by molar-refractivity contribution is -0.126. The van der Waals surface area contributed by atoms with E-state index in [0.29, 0.717) is 17.1 Å². The third-order valence-electron chi connectivity index (χ3n) is 6.24. The third-order valence-corrected chi connectivity index (χ3v) is 7.78. The first-order valence-corrected chi connectivity index (χ1v) is 11.8. The van der Waals surface area contributed by atoms with Crippen molar-refractivity contribution in [1.29, 1.82) is 0 Å². The van der Waals surface area contributed by atoms with Gasteiger partial charge in [-0.2, -0.15) is 0 Å². The van der Waals surface area contributed by atoms with Crippen LogP contribution in [0.1, 0.15) is 54.1 Å². The minimum Gasteiger partial charge on any atom is -0.493 e. The monoisotopic (exact) mass is 454 g/mol. The Bertz CT molecular complexity index is 1020. The van der Waals surface area contributed by atoms with Gasteiger partial charge in [-0.15, -0.1) is 11.8 Å². The van der Waals surface area contributed by atoms with Gasteiger partial charge in [0.2, 0.25) is 5.91 Å². The lowest BCUT2D eigenvalue weighted by Gasteiger charge is -2.30. The van der Waals surface area contributed by atoms with Crippen molar-refractivity contribution in [2.24, 2.45) is 0 Å². The van der Waals surface area contributed by atoms with E-state index in [2.05, 4.69) is 17.4 Å². The Morgan fingerprint density at radius 1 is 1.16 bits per heavy atom. The van der Waals surface area contributed by atoms with Gasteiger partial charge < -0.3 is 19.7 Å². The van der Waals surface area contributed by atoms with E-state index >= 15 is 0 Å². The zero-order valence-electron chi connectivity index (χ0n) is 19.2. The fourth-order valence-corrected chi connectivity index (χ4v) is 6.26. The number of ether oxygens (including phenoxy) is 2. The molecular formula is C25H30N2O4S. The summed E-state index contributed by atoms with van der Waals surface area (Å²) in [5, 5.41) is 2.94. The minimum atomic E-state index is -0.577. The number of nitrogens with zero attached hydrogens (tertiary/aromatic N) is 1. The maximum Gasteiger partial charge on any atom is 0.260 e. The fraction of sp³-hybridized carbons (Fsp3) is 0.440. The van der Waals surface area contributed by atoms with Crippen LogP contribution in [0.15, 0.2) is 42.5 Å². The summed E-state index contributed by atoms with van der Waals surface area (Å²) in [6.07, 6.45) is 1.72. The topological polar surface area (TPSA) is 67.9 Å². The van der Waals surface area contributed by atoms with Crippen molar-refractivity contribution < 1.29 is 19.1 Å². The SMILES string of the molecule is COc1ccc2c(c1OC)C(=O)N1[C@@H]2SC(C)(C)[C@@H]1C(=O)N[C@H](C)CCc1ccccc1. The molecule has 0 bridgehead atoms. The zero-order chi connectivity index (χ0) is 23.0. The second-order valence-corrected chi connectivity index (χ2v) is 10.6. The highest BCUT2D eigenvalue weighted by Gasteiger charge is 2.58. The summed E-state index contributed by atoms with van der Waals surface area (Å²) in [7, 11) is 3.08. The van der Waals surface area contributed by atoms with Crippen molar-refractivity contribution in [3.63, 3.8) is 0 Å².